The fraction of sp³-hybridized carbons (Fsp3) is 0.909. The van der Waals surface area contributed by atoms with E-state index in [4.69, 9.17) is 4.74 Å². The Bertz CT molecular complexity index is 209. The van der Waals surface area contributed by atoms with Crippen molar-refractivity contribution in [3.63, 3.8) is 0 Å². The maximum absolute atomic E-state index is 11.2. The van der Waals surface area contributed by atoms with Crippen LogP contribution in [0.25, 0.3) is 0 Å². The number of aliphatic carboxylic acids is 1. The van der Waals surface area contributed by atoms with Crippen LogP contribution in [0.1, 0.15) is 46.5 Å². The third-order valence-electron chi connectivity index (χ3n) is 2.81. The summed E-state index contributed by atoms with van der Waals surface area (Å²) in [6.45, 7) is 5.88. The molecule has 14 heavy (non-hydrogen) atoms. The van der Waals surface area contributed by atoms with Crippen molar-refractivity contribution in [1.29, 1.82) is 0 Å². The van der Waals surface area contributed by atoms with Crippen LogP contribution in [-0.4, -0.2) is 22.8 Å². The Morgan fingerprint density at radius 1 is 1.57 bits per heavy atom. The minimum absolute atomic E-state index is 0.0172. The molecule has 1 aliphatic rings. The molecule has 0 heterocycles. The predicted molar refractivity (Wildman–Crippen MR) is 54.2 cm³/mol. The molecule has 1 aliphatic carbocycles. The molecule has 2 unspecified atom stereocenters. The summed E-state index contributed by atoms with van der Waals surface area (Å²) in [7, 11) is 0. The number of hydrogen-bond acceptors (Lipinski definition) is 2. The number of carbonyl (C=O) groups is 1. The van der Waals surface area contributed by atoms with Crippen LogP contribution in [0.4, 0.5) is 0 Å². The summed E-state index contributed by atoms with van der Waals surface area (Å²) in [5, 5.41) is 9.23. The van der Waals surface area contributed by atoms with Gasteiger partial charge in [0.05, 0.1) is 6.10 Å². The van der Waals surface area contributed by atoms with Crippen molar-refractivity contribution in [1.82, 2.24) is 0 Å². The van der Waals surface area contributed by atoms with Crippen molar-refractivity contribution < 1.29 is 14.6 Å². The lowest BCUT2D eigenvalue weighted by Crippen LogP contribution is -2.46. The summed E-state index contributed by atoms with van der Waals surface area (Å²) in [6.07, 6.45) is 3.37. The molecule has 0 bridgehead atoms. The van der Waals surface area contributed by atoms with E-state index >= 15 is 0 Å². The first-order chi connectivity index (χ1) is 6.46. The Hall–Kier alpha value is -0.570. The molecule has 0 spiro atoms. The van der Waals surface area contributed by atoms with Crippen molar-refractivity contribution in [2.24, 2.45) is 5.92 Å². The molecule has 0 aromatic heterocycles. The van der Waals surface area contributed by atoms with Gasteiger partial charge in [0.2, 0.25) is 0 Å². The van der Waals surface area contributed by atoms with E-state index in [1.807, 2.05) is 13.8 Å². The van der Waals surface area contributed by atoms with Crippen molar-refractivity contribution in [3.05, 3.63) is 0 Å². The van der Waals surface area contributed by atoms with E-state index < -0.39 is 11.6 Å². The average molecular weight is 200 g/mol. The van der Waals surface area contributed by atoms with Gasteiger partial charge in [-0.15, -0.1) is 0 Å². The molecule has 0 aromatic carbocycles. The molecular weight excluding hydrogens is 180 g/mol. The number of rotatable bonds is 3. The van der Waals surface area contributed by atoms with E-state index in [1.54, 1.807) is 0 Å². The molecule has 3 heteroatoms. The van der Waals surface area contributed by atoms with Crippen LogP contribution < -0.4 is 0 Å². The maximum Gasteiger partial charge on any atom is 0.335 e. The molecule has 1 rings (SSSR count). The zero-order chi connectivity index (χ0) is 10.8. The molecule has 1 N–H and O–H groups in total. The normalized spacial score (nSPS) is 33.3. The van der Waals surface area contributed by atoms with E-state index in [-0.39, 0.29) is 6.10 Å². The monoisotopic (exact) mass is 200 g/mol. The molecule has 82 valence electrons. The smallest absolute Gasteiger partial charge is 0.335 e. The Labute approximate surface area is 85.5 Å². The molecule has 0 amide bonds. The molecule has 0 aliphatic heterocycles. The van der Waals surface area contributed by atoms with E-state index in [0.29, 0.717) is 18.8 Å². The summed E-state index contributed by atoms with van der Waals surface area (Å²) >= 11 is 0. The Balaban J connectivity index is 2.75. The van der Waals surface area contributed by atoms with Gasteiger partial charge in [-0.05, 0) is 39.0 Å². The quantitative estimate of drug-likeness (QED) is 0.761. The highest BCUT2D eigenvalue weighted by molar-refractivity contribution is 5.77. The van der Waals surface area contributed by atoms with Gasteiger partial charge in [0, 0.05) is 0 Å². The summed E-state index contributed by atoms with van der Waals surface area (Å²) in [4.78, 5) is 11.2. The van der Waals surface area contributed by atoms with Gasteiger partial charge in [0.15, 0.2) is 5.60 Å². The topological polar surface area (TPSA) is 46.5 Å². The second kappa shape index (κ2) is 4.30. The van der Waals surface area contributed by atoms with Crippen molar-refractivity contribution in [3.8, 4) is 0 Å². The van der Waals surface area contributed by atoms with Gasteiger partial charge in [0.25, 0.3) is 0 Å². The van der Waals surface area contributed by atoms with Crippen molar-refractivity contribution in [2.45, 2.75) is 58.2 Å². The fourth-order valence-electron chi connectivity index (χ4n) is 2.31. The van der Waals surface area contributed by atoms with Crippen molar-refractivity contribution >= 4 is 5.97 Å². The van der Waals surface area contributed by atoms with Crippen molar-refractivity contribution in [2.75, 3.05) is 0 Å². The van der Waals surface area contributed by atoms with Crippen LogP contribution >= 0.6 is 0 Å². The highest BCUT2D eigenvalue weighted by atomic mass is 16.5. The standard InChI is InChI=1S/C11H20O3/c1-8(2)14-11(10(12)13)6-4-5-9(3)7-11/h8-9H,4-7H2,1-3H3,(H,12,13). The number of carboxylic acids is 1. The van der Waals surface area contributed by atoms with Crippen LogP contribution in [0.5, 0.6) is 0 Å². The van der Waals surface area contributed by atoms with Gasteiger partial charge in [-0.3, -0.25) is 0 Å². The largest absolute Gasteiger partial charge is 0.479 e. The first kappa shape index (κ1) is 11.5. The van der Waals surface area contributed by atoms with E-state index in [2.05, 4.69) is 6.92 Å². The number of hydrogen-bond donors (Lipinski definition) is 1. The van der Waals surface area contributed by atoms with E-state index in [1.165, 1.54) is 0 Å². The molecule has 1 saturated carbocycles. The molecule has 0 saturated heterocycles. The fourth-order valence-corrected chi connectivity index (χ4v) is 2.31. The summed E-state index contributed by atoms with van der Waals surface area (Å²) in [5.74, 6) is -0.337. The van der Waals surface area contributed by atoms with Crippen LogP contribution in [-0.2, 0) is 9.53 Å². The molecule has 1 fully saturated rings. The van der Waals surface area contributed by atoms with Gasteiger partial charge in [-0.25, -0.2) is 4.79 Å². The van der Waals surface area contributed by atoms with Crippen LogP contribution in [0.15, 0.2) is 0 Å². The average Bonchev–Trinajstić information content (AvgIpc) is 2.02. The first-order valence-electron chi connectivity index (χ1n) is 5.37. The van der Waals surface area contributed by atoms with Crippen LogP contribution in [0.2, 0.25) is 0 Å². The van der Waals surface area contributed by atoms with Crippen LogP contribution in [0, 0.1) is 5.92 Å². The number of ether oxygens (including phenoxy) is 1. The molecular formula is C11H20O3. The number of carboxylic acid groups (broad SMARTS) is 1. The second-order valence-electron chi connectivity index (χ2n) is 4.67. The minimum Gasteiger partial charge on any atom is -0.479 e. The second-order valence-corrected chi connectivity index (χ2v) is 4.67. The highest BCUT2D eigenvalue weighted by Gasteiger charge is 2.43. The van der Waals surface area contributed by atoms with Gasteiger partial charge in [0.1, 0.15) is 0 Å². The molecule has 0 aromatic rings. The van der Waals surface area contributed by atoms with Gasteiger partial charge in [-0.2, -0.15) is 0 Å². The molecule has 2 atom stereocenters. The lowest BCUT2D eigenvalue weighted by molar-refractivity contribution is -0.179. The summed E-state index contributed by atoms with van der Waals surface area (Å²) < 4.78 is 5.61. The Kier molecular flexibility index (Phi) is 3.53. The minimum atomic E-state index is -0.911. The predicted octanol–water partition coefficient (Wildman–Crippen LogP) is 2.44. The van der Waals surface area contributed by atoms with Gasteiger partial charge in [-0.1, -0.05) is 13.3 Å². The van der Waals surface area contributed by atoms with E-state index in [9.17, 15) is 9.90 Å². The van der Waals surface area contributed by atoms with E-state index in [0.717, 1.165) is 12.8 Å². The molecule has 3 nitrogen and oxygen atoms in total. The lowest BCUT2D eigenvalue weighted by Gasteiger charge is -2.37. The third kappa shape index (κ3) is 2.47. The summed E-state index contributed by atoms with van der Waals surface area (Å²) in [5.41, 5.74) is -0.911. The zero-order valence-corrected chi connectivity index (χ0v) is 9.25. The van der Waals surface area contributed by atoms with Crippen LogP contribution in [0.3, 0.4) is 0 Å². The zero-order valence-electron chi connectivity index (χ0n) is 9.25. The van der Waals surface area contributed by atoms with Gasteiger partial charge < -0.3 is 9.84 Å². The molecule has 0 radical (unpaired) electrons. The lowest BCUT2D eigenvalue weighted by atomic mass is 9.78. The SMILES string of the molecule is CC1CCCC(OC(C)C)(C(=O)O)C1. The Morgan fingerprint density at radius 3 is 2.64 bits per heavy atom. The first-order valence-corrected chi connectivity index (χ1v) is 5.37. The summed E-state index contributed by atoms with van der Waals surface area (Å²) in [6, 6.07) is 0. The third-order valence-corrected chi connectivity index (χ3v) is 2.81. The Morgan fingerprint density at radius 2 is 2.21 bits per heavy atom. The maximum atomic E-state index is 11.2. The highest BCUT2D eigenvalue weighted by Crippen LogP contribution is 2.36. The van der Waals surface area contributed by atoms with Gasteiger partial charge >= 0.3 is 5.97 Å².